The summed E-state index contributed by atoms with van der Waals surface area (Å²) in [6, 6.07) is 5.22. The lowest BCUT2D eigenvalue weighted by molar-refractivity contribution is -0.135. The van der Waals surface area contributed by atoms with Gasteiger partial charge in [0.15, 0.2) is 0 Å². The second kappa shape index (κ2) is 8.11. The molecule has 0 aliphatic rings. The molecule has 0 bridgehead atoms. The number of benzene rings is 1. The second-order valence-electron chi connectivity index (χ2n) is 4.49. The molecule has 3 N–H and O–H groups in total. The van der Waals surface area contributed by atoms with Crippen molar-refractivity contribution in [3.05, 3.63) is 24.3 Å². The lowest BCUT2D eigenvalue weighted by Crippen LogP contribution is -2.47. The fourth-order valence-electron chi connectivity index (χ4n) is 1.90. The van der Waals surface area contributed by atoms with Gasteiger partial charge in [-0.3, -0.25) is 9.69 Å². The van der Waals surface area contributed by atoms with Gasteiger partial charge >= 0.3 is 12.0 Å². The highest BCUT2D eigenvalue weighted by atomic mass is 16.4. The molecule has 0 spiro atoms. The van der Waals surface area contributed by atoms with Crippen molar-refractivity contribution >= 4 is 17.7 Å². The van der Waals surface area contributed by atoms with Crippen molar-refractivity contribution in [3.8, 4) is 5.75 Å². The molecule has 0 fully saturated rings. The van der Waals surface area contributed by atoms with E-state index in [1.807, 2.05) is 6.92 Å². The van der Waals surface area contributed by atoms with Gasteiger partial charge in [-0.05, 0) is 30.7 Å². The first-order valence-electron chi connectivity index (χ1n) is 6.67. The highest BCUT2D eigenvalue weighted by Gasteiger charge is 2.23. The molecule has 21 heavy (non-hydrogen) atoms. The van der Waals surface area contributed by atoms with Crippen molar-refractivity contribution in [2.45, 2.75) is 13.3 Å². The average molecular weight is 296 g/mol. The van der Waals surface area contributed by atoms with Crippen LogP contribution in [0, 0.1) is 0 Å². The molecule has 1 rings (SSSR count). The largest absolute Gasteiger partial charge is 0.508 e. The predicted octanol–water partition coefficient (Wildman–Crippen LogP) is 1.11. The van der Waals surface area contributed by atoms with Crippen molar-refractivity contribution in [3.63, 3.8) is 0 Å². The lowest BCUT2D eigenvalue weighted by atomic mass is 10.2. The Hall–Kier alpha value is -2.28. The first-order chi connectivity index (χ1) is 9.99. The van der Waals surface area contributed by atoms with Crippen molar-refractivity contribution in [2.24, 2.45) is 0 Å². The highest BCUT2D eigenvalue weighted by molar-refractivity contribution is 5.96. The molecule has 0 aliphatic heterocycles. The number of anilines is 1. The number of amides is 2. The molecule has 1 aromatic rings. The zero-order valence-corrected chi connectivity index (χ0v) is 11.9. The van der Waals surface area contributed by atoms with E-state index in [0.717, 1.165) is 4.90 Å². The molecule has 0 unspecified atom stereocenters. The van der Waals surface area contributed by atoms with Crippen LogP contribution >= 0.6 is 0 Å². The number of aliphatic carboxylic acids is 1. The number of aliphatic hydroxyl groups excluding tert-OH is 1. The van der Waals surface area contributed by atoms with Crippen molar-refractivity contribution < 1.29 is 24.9 Å². The molecule has 116 valence electrons. The van der Waals surface area contributed by atoms with Gasteiger partial charge in [0.2, 0.25) is 0 Å². The maximum atomic E-state index is 12.5. The Kier molecular flexibility index (Phi) is 6.48. The normalized spacial score (nSPS) is 10.2. The maximum Gasteiger partial charge on any atom is 0.325 e. The van der Waals surface area contributed by atoms with E-state index in [-0.39, 0.29) is 18.9 Å². The van der Waals surface area contributed by atoms with Crippen molar-refractivity contribution in [2.75, 3.05) is 31.1 Å². The van der Waals surface area contributed by atoms with E-state index >= 15 is 0 Å². The van der Waals surface area contributed by atoms with Crippen LogP contribution in [0.15, 0.2) is 24.3 Å². The Morgan fingerprint density at radius 2 is 1.76 bits per heavy atom. The third kappa shape index (κ3) is 4.96. The highest BCUT2D eigenvalue weighted by Crippen LogP contribution is 2.19. The van der Waals surface area contributed by atoms with Crippen LogP contribution in [0.3, 0.4) is 0 Å². The monoisotopic (exact) mass is 296 g/mol. The molecule has 0 heterocycles. The Labute approximate surface area is 123 Å². The summed E-state index contributed by atoms with van der Waals surface area (Å²) in [5, 5.41) is 27.3. The van der Waals surface area contributed by atoms with E-state index in [2.05, 4.69) is 0 Å². The number of carbonyl (C=O) groups excluding carboxylic acids is 1. The smallest absolute Gasteiger partial charge is 0.325 e. The summed E-state index contributed by atoms with van der Waals surface area (Å²) in [7, 11) is 0. The zero-order valence-electron chi connectivity index (χ0n) is 11.9. The van der Waals surface area contributed by atoms with Gasteiger partial charge in [0.05, 0.1) is 6.61 Å². The predicted molar refractivity (Wildman–Crippen MR) is 77.4 cm³/mol. The van der Waals surface area contributed by atoms with Crippen LogP contribution in [0.5, 0.6) is 5.75 Å². The Bertz CT molecular complexity index is 469. The van der Waals surface area contributed by atoms with Gasteiger partial charge in [0.1, 0.15) is 12.3 Å². The standard InChI is InChI=1S/C14H20N2O5/c1-2-7-15(8-9-17)14(21)16(10-13(19)20)11-3-5-12(18)6-4-11/h3-6,17-18H,2,7-10H2,1H3,(H,19,20). The molecular formula is C14H20N2O5. The van der Waals surface area contributed by atoms with Gasteiger partial charge in [-0.2, -0.15) is 0 Å². The van der Waals surface area contributed by atoms with E-state index in [1.165, 1.54) is 29.2 Å². The average Bonchev–Trinajstić information content (AvgIpc) is 2.45. The molecule has 0 aliphatic carbocycles. The van der Waals surface area contributed by atoms with Crippen molar-refractivity contribution in [1.29, 1.82) is 0 Å². The molecular weight excluding hydrogens is 276 g/mol. The number of phenols is 1. The summed E-state index contributed by atoms with van der Waals surface area (Å²) in [5.41, 5.74) is 0.374. The van der Waals surface area contributed by atoms with Crippen LogP contribution in [-0.2, 0) is 4.79 Å². The first-order valence-corrected chi connectivity index (χ1v) is 6.67. The van der Waals surface area contributed by atoms with Crippen LogP contribution in [0.2, 0.25) is 0 Å². The van der Waals surface area contributed by atoms with E-state index < -0.39 is 18.5 Å². The second-order valence-corrected chi connectivity index (χ2v) is 4.49. The first kappa shape index (κ1) is 16.8. The molecule has 2 amide bonds. The van der Waals surface area contributed by atoms with Crippen molar-refractivity contribution in [1.82, 2.24) is 4.90 Å². The molecule has 0 saturated heterocycles. The minimum absolute atomic E-state index is 0.0299. The van der Waals surface area contributed by atoms with Gasteiger partial charge in [-0.25, -0.2) is 4.79 Å². The third-order valence-corrected chi connectivity index (χ3v) is 2.82. The number of carbonyl (C=O) groups is 2. The summed E-state index contributed by atoms with van der Waals surface area (Å²) < 4.78 is 0. The van der Waals surface area contributed by atoms with Gasteiger partial charge in [-0.15, -0.1) is 0 Å². The van der Waals surface area contributed by atoms with Gasteiger partial charge in [-0.1, -0.05) is 6.92 Å². The number of hydrogen-bond donors (Lipinski definition) is 3. The quantitative estimate of drug-likeness (QED) is 0.699. The summed E-state index contributed by atoms with van der Waals surface area (Å²) in [6.07, 6.45) is 0.697. The number of carboxylic acid groups (broad SMARTS) is 1. The van der Waals surface area contributed by atoms with Crippen LogP contribution in [-0.4, -0.2) is 58.5 Å². The van der Waals surface area contributed by atoms with Gasteiger partial charge in [0, 0.05) is 18.8 Å². The number of nitrogens with zero attached hydrogens (tertiary/aromatic N) is 2. The fraction of sp³-hybridized carbons (Fsp3) is 0.429. The Balaban J connectivity index is 3.02. The number of hydrogen-bond acceptors (Lipinski definition) is 4. The van der Waals surface area contributed by atoms with Crippen LogP contribution in [0.1, 0.15) is 13.3 Å². The Morgan fingerprint density at radius 1 is 1.14 bits per heavy atom. The minimum atomic E-state index is -1.14. The topological polar surface area (TPSA) is 101 Å². The fourth-order valence-corrected chi connectivity index (χ4v) is 1.90. The number of rotatable bonds is 7. The molecule has 0 aromatic heterocycles. The zero-order chi connectivity index (χ0) is 15.8. The van der Waals surface area contributed by atoms with Gasteiger partial charge in [0.25, 0.3) is 0 Å². The third-order valence-electron chi connectivity index (χ3n) is 2.82. The maximum absolute atomic E-state index is 12.5. The van der Waals surface area contributed by atoms with Crippen LogP contribution in [0.25, 0.3) is 0 Å². The summed E-state index contributed by atoms with van der Waals surface area (Å²) >= 11 is 0. The number of phenolic OH excluding ortho intramolecular Hbond substituents is 1. The number of carboxylic acids is 1. The molecule has 0 radical (unpaired) electrons. The lowest BCUT2D eigenvalue weighted by Gasteiger charge is -2.29. The number of aliphatic hydroxyl groups is 1. The SMILES string of the molecule is CCCN(CCO)C(=O)N(CC(=O)O)c1ccc(O)cc1. The molecule has 1 aromatic carbocycles. The molecule has 7 nitrogen and oxygen atoms in total. The van der Waals surface area contributed by atoms with Crippen LogP contribution < -0.4 is 4.90 Å². The Morgan fingerprint density at radius 3 is 2.24 bits per heavy atom. The van der Waals surface area contributed by atoms with Gasteiger partial charge < -0.3 is 20.2 Å². The van der Waals surface area contributed by atoms with Crippen LogP contribution in [0.4, 0.5) is 10.5 Å². The summed E-state index contributed by atoms with van der Waals surface area (Å²) in [4.78, 5) is 25.9. The number of aromatic hydroxyl groups is 1. The molecule has 0 saturated carbocycles. The number of urea groups is 1. The van der Waals surface area contributed by atoms with E-state index in [4.69, 9.17) is 10.2 Å². The summed E-state index contributed by atoms with van der Waals surface area (Å²) in [6.45, 7) is 1.77. The minimum Gasteiger partial charge on any atom is -0.508 e. The van der Waals surface area contributed by atoms with E-state index in [1.54, 1.807) is 0 Å². The van der Waals surface area contributed by atoms with E-state index in [0.29, 0.717) is 18.7 Å². The summed E-state index contributed by atoms with van der Waals surface area (Å²) in [5.74, 6) is -1.11. The molecule has 0 atom stereocenters. The molecule has 7 heteroatoms. The van der Waals surface area contributed by atoms with E-state index in [9.17, 15) is 14.7 Å².